The van der Waals surface area contributed by atoms with Crippen LogP contribution >= 0.6 is 0 Å². The molecule has 1 N–H and O–H groups in total. The molecule has 1 atom stereocenters. The summed E-state index contributed by atoms with van der Waals surface area (Å²) in [6.45, 7) is 7.91. The summed E-state index contributed by atoms with van der Waals surface area (Å²) in [5, 5.41) is 0. The first-order valence-corrected chi connectivity index (χ1v) is 9.46. The summed E-state index contributed by atoms with van der Waals surface area (Å²) in [7, 11) is 0. The van der Waals surface area contributed by atoms with Gasteiger partial charge in [0, 0.05) is 13.1 Å². The van der Waals surface area contributed by atoms with Gasteiger partial charge in [0.15, 0.2) is 0 Å². The summed E-state index contributed by atoms with van der Waals surface area (Å²) >= 11 is 0. The van der Waals surface area contributed by atoms with E-state index in [1.807, 2.05) is 49.9 Å². The van der Waals surface area contributed by atoms with Gasteiger partial charge in [-0.2, -0.15) is 4.98 Å². The van der Waals surface area contributed by atoms with Crippen molar-refractivity contribution in [2.75, 3.05) is 19.7 Å². The Morgan fingerprint density at radius 1 is 1.35 bits per heavy atom. The van der Waals surface area contributed by atoms with Crippen LogP contribution in [0.3, 0.4) is 0 Å². The fourth-order valence-corrected chi connectivity index (χ4v) is 3.33. The topological polar surface area (TPSA) is 67.4 Å². The number of nitrogens with one attached hydrogen (secondary N) is 1. The van der Waals surface area contributed by atoms with E-state index < -0.39 is 5.60 Å². The third kappa shape index (κ3) is 5.13. The number of hydrogen-bond acceptors (Lipinski definition) is 4. The molecular formula is C20H29N3O3. The first kappa shape index (κ1) is 18.5. The zero-order valence-corrected chi connectivity index (χ0v) is 16.0. The number of rotatable bonds is 5. The lowest BCUT2D eigenvalue weighted by Crippen LogP contribution is -2.42. The number of benzene rings is 1. The molecule has 0 aliphatic carbocycles. The number of carbonyl (C=O) groups is 1. The van der Waals surface area contributed by atoms with Gasteiger partial charge >= 0.3 is 6.09 Å². The van der Waals surface area contributed by atoms with E-state index in [-0.39, 0.29) is 6.09 Å². The first-order chi connectivity index (χ1) is 12.4. The molecule has 0 spiro atoms. The third-order valence-corrected chi connectivity index (χ3v) is 4.53. The highest BCUT2D eigenvalue weighted by Gasteiger charge is 2.27. The van der Waals surface area contributed by atoms with Crippen LogP contribution < -0.4 is 4.74 Å². The Morgan fingerprint density at radius 2 is 2.15 bits per heavy atom. The van der Waals surface area contributed by atoms with Crippen molar-refractivity contribution in [3.05, 3.63) is 24.3 Å². The molecule has 2 heterocycles. The maximum Gasteiger partial charge on any atom is 0.410 e. The summed E-state index contributed by atoms with van der Waals surface area (Å²) in [5.74, 6) is 0.510. The molecule has 1 aromatic heterocycles. The number of fused-ring (bicyclic) bond motifs is 1. The van der Waals surface area contributed by atoms with Crippen molar-refractivity contribution >= 4 is 17.1 Å². The number of H-pyrrole nitrogens is 1. The molecule has 6 heteroatoms. The number of para-hydroxylation sites is 2. The second kappa shape index (κ2) is 7.98. The molecule has 2 aromatic rings. The highest BCUT2D eigenvalue weighted by Crippen LogP contribution is 2.23. The second-order valence-electron chi connectivity index (χ2n) is 7.98. The van der Waals surface area contributed by atoms with Crippen molar-refractivity contribution in [1.29, 1.82) is 0 Å². The number of imidazole rings is 1. The maximum absolute atomic E-state index is 12.2. The maximum atomic E-state index is 12.2. The summed E-state index contributed by atoms with van der Waals surface area (Å²) in [4.78, 5) is 21.7. The molecule has 1 saturated heterocycles. The largest absolute Gasteiger partial charge is 0.465 e. The normalized spacial score (nSPS) is 18.1. The number of likely N-dealkylation sites (tertiary alicyclic amines) is 1. The fraction of sp³-hybridized carbons (Fsp3) is 0.600. The SMILES string of the molecule is CC(C)(C)OC(=O)N1CCCC(CCCOc2nc3ccccc3[nH]2)C1. The third-order valence-electron chi connectivity index (χ3n) is 4.53. The smallest absolute Gasteiger partial charge is 0.410 e. The first-order valence-electron chi connectivity index (χ1n) is 9.46. The van der Waals surface area contributed by atoms with Gasteiger partial charge in [0.05, 0.1) is 17.6 Å². The van der Waals surface area contributed by atoms with Crippen molar-refractivity contribution in [2.45, 2.75) is 52.1 Å². The zero-order valence-electron chi connectivity index (χ0n) is 16.0. The van der Waals surface area contributed by atoms with Gasteiger partial charge in [0.1, 0.15) is 5.60 Å². The van der Waals surface area contributed by atoms with Crippen molar-refractivity contribution < 1.29 is 14.3 Å². The Hall–Kier alpha value is -2.24. The summed E-state index contributed by atoms with van der Waals surface area (Å²) in [5.41, 5.74) is 1.47. The molecule has 1 unspecified atom stereocenters. The molecule has 1 fully saturated rings. The van der Waals surface area contributed by atoms with Gasteiger partial charge in [-0.3, -0.25) is 0 Å². The fourth-order valence-electron chi connectivity index (χ4n) is 3.33. The molecule has 0 saturated carbocycles. The highest BCUT2D eigenvalue weighted by molar-refractivity contribution is 5.75. The number of amides is 1. The van der Waals surface area contributed by atoms with E-state index in [4.69, 9.17) is 9.47 Å². The predicted molar refractivity (Wildman–Crippen MR) is 101 cm³/mol. The minimum atomic E-state index is -0.440. The molecule has 0 radical (unpaired) electrons. The van der Waals surface area contributed by atoms with Crippen molar-refractivity contribution in [1.82, 2.24) is 14.9 Å². The van der Waals surface area contributed by atoms with Crippen molar-refractivity contribution in [2.24, 2.45) is 5.92 Å². The van der Waals surface area contributed by atoms with Crippen LogP contribution in [0.1, 0.15) is 46.5 Å². The molecule has 0 bridgehead atoms. The van der Waals surface area contributed by atoms with Gasteiger partial charge in [-0.25, -0.2) is 4.79 Å². The van der Waals surface area contributed by atoms with Crippen LogP contribution in [0, 0.1) is 5.92 Å². The van der Waals surface area contributed by atoms with Gasteiger partial charge < -0.3 is 19.4 Å². The van der Waals surface area contributed by atoms with Crippen molar-refractivity contribution in [3.63, 3.8) is 0 Å². The molecular weight excluding hydrogens is 330 g/mol. The van der Waals surface area contributed by atoms with E-state index >= 15 is 0 Å². The molecule has 1 aromatic carbocycles. The lowest BCUT2D eigenvalue weighted by atomic mass is 9.94. The Balaban J connectivity index is 1.41. The van der Waals surface area contributed by atoms with Crippen LogP contribution in [0.2, 0.25) is 0 Å². The minimum absolute atomic E-state index is 0.194. The van der Waals surface area contributed by atoms with E-state index in [1.54, 1.807) is 0 Å². The number of aromatic nitrogens is 2. The number of hydrogen-bond donors (Lipinski definition) is 1. The Bertz CT molecular complexity index is 702. The zero-order chi connectivity index (χ0) is 18.6. The Kier molecular flexibility index (Phi) is 5.69. The van der Waals surface area contributed by atoms with E-state index in [9.17, 15) is 4.79 Å². The monoisotopic (exact) mass is 359 g/mol. The molecule has 6 nitrogen and oxygen atoms in total. The molecule has 3 rings (SSSR count). The van der Waals surface area contributed by atoms with Crippen molar-refractivity contribution in [3.8, 4) is 6.01 Å². The number of nitrogens with zero attached hydrogens (tertiary/aromatic N) is 2. The van der Waals surface area contributed by atoms with Crippen LogP contribution in [0.25, 0.3) is 11.0 Å². The minimum Gasteiger partial charge on any atom is -0.465 e. The van der Waals surface area contributed by atoms with E-state index in [2.05, 4.69) is 9.97 Å². The van der Waals surface area contributed by atoms with Gasteiger partial charge in [0.25, 0.3) is 6.01 Å². The predicted octanol–water partition coefficient (Wildman–Crippen LogP) is 4.37. The standard InChI is InChI=1S/C20H29N3O3/c1-20(2,3)26-19(24)23-12-6-8-15(14-23)9-7-13-25-18-21-16-10-4-5-11-17(16)22-18/h4-5,10-11,15H,6-9,12-14H2,1-3H3,(H,21,22). The second-order valence-corrected chi connectivity index (χ2v) is 7.98. The van der Waals surface area contributed by atoms with Gasteiger partial charge in [0.2, 0.25) is 0 Å². The number of ether oxygens (including phenoxy) is 2. The number of piperidine rings is 1. The highest BCUT2D eigenvalue weighted by atomic mass is 16.6. The van der Waals surface area contributed by atoms with Gasteiger partial charge in [-0.1, -0.05) is 12.1 Å². The molecule has 1 amide bonds. The molecule has 1 aliphatic heterocycles. The van der Waals surface area contributed by atoms with E-state index in [1.165, 1.54) is 0 Å². The number of carbonyl (C=O) groups excluding carboxylic acids is 1. The average Bonchev–Trinajstić information content (AvgIpc) is 3.00. The molecule has 142 valence electrons. The average molecular weight is 359 g/mol. The molecule has 26 heavy (non-hydrogen) atoms. The number of aromatic amines is 1. The lowest BCUT2D eigenvalue weighted by Gasteiger charge is -2.34. The lowest BCUT2D eigenvalue weighted by molar-refractivity contribution is 0.0159. The van der Waals surface area contributed by atoms with Crippen LogP contribution in [0.5, 0.6) is 6.01 Å². The van der Waals surface area contributed by atoms with Crippen LogP contribution in [0.15, 0.2) is 24.3 Å². The quantitative estimate of drug-likeness (QED) is 0.805. The van der Waals surface area contributed by atoms with Gasteiger partial charge in [-0.05, 0) is 64.5 Å². The summed E-state index contributed by atoms with van der Waals surface area (Å²) in [6.07, 6.45) is 3.99. The van der Waals surface area contributed by atoms with Crippen LogP contribution in [-0.4, -0.2) is 46.3 Å². The summed E-state index contributed by atoms with van der Waals surface area (Å²) < 4.78 is 11.2. The Morgan fingerprint density at radius 3 is 2.92 bits per heavy atom. The van der Waals surface area contributed by atoms with Crippen LogP contribution in [-0.2, 0) is 4.74 Å². The van der Waals surface area contributed by atoms with E-state index in [0.29, 0.717) is 18.5 Å². The van der Waals surface area contributed by atoms with Crippen LogP contribution in [0.4, 0.5) is 4.79 Å². The van der Waals surface area contributed by atoms with Gasteiger partial charge in [-0.15, -0.1) is 0 Å². The summed E-state index contributed by atoms with van der Waals surface area (Å²) in [6, 6.07) is 8.47. The van der Waals surface area contributed by atoms with E-state index in [0.717, 1.165) is 49.8 Å². The molecule has 1 aliphatic rings. The Labute approximate surface area is 154 Å².